The Bertz CT molecular complexity index is 321. The van der Waals surface area contributed by atoms with Crippen molar-refractivity contribution in [3.05, 3.63) is 18.2 Å². The molecule has 0 aromatic carbocycles. The van der Waals surface area contributed by atoms with Gasteiger partial charge in [-0.2, -0.15) is 0 Å². The van der Waals surface area contributed by atoms with E-state index in [4.69, 9.17) is 4.74 Å². The Labute approximate surface area is 96.6 Å². The van der Waals surface area contributed by atoms with Crippen LogP contribution in [0.1, 0.15) is 50.0 Å². The number of carbonyl (C=O) groups excluding carboxylic acids is 1. The van der Waals surface area contributed by atoms with Crippen molar-refractivity contribution in [2.24, 2.45) is 0 Å². The second-order valence-corrected chi connectivity index (χ2v) is 3.78. The van der Waals surface area contributed by atoms with E-state index in [1.807, 2.05) is 4.57 Å². The monoisotopic (exact) mass is 224 g/mol. The number of ether oxygens (including phenoxy) is 1. The summed E-state index contributed by atoms with van der Waals surface area (Å²) < 4.78 is 6.82. The van der Waals surface area contributed by atoms with E-state index < -0.39 is 0 Å². The summed E-state index contributed by atoms with van der Waals surface area (Å²) in [6.45, 7) is 5.30. The lowest BCUT2D eigenvalue weighted by Crippen LogP contribution is -2.04. The van der Waals surface area contributed by atoms with Crippen molar-refractivity contribution in [2.75, 3.05) is 6.61 Å². The predicted octanol–water partition coefficient (Wildman–Crippen LogP) is 2.64. The Morgan fingerprint density at radius 1 is 1.38 bits per heavy atom. The highest BCUT2D eigenvalue weighted by Crippen LogP contribution is 2.04. The van der Waals surface area contributed by atoms with Crippen molar-refractivity contribution in [3.63, 3.8) is 0 Å². The summed E-state index contributed by atoms with van der Waals surface area (Å²) in [7, 11) is 0. The van der Waals surface area contributed by atoms with Crippen LogP contribution >= 0.6 is 0 Å². The molecule has 16 heavy (non-hydrogen) atoms. The number of esters is 1. The maximum absolute atomic E-state index is 11.3. The van der Waals surface area contributed by atoms with Crippen LogP contribution in [0, 0.1) is 0 Å². The van der Waals surface area contributed by atoms with Crippen LogP contribution in [0.15, 0.2) is 12.5 Å². The number of aromatic nitrogens is 2. The third kappa shape index (κ3) is 4.04. The first kappa shape index (κ1) is 12.7. The molecule has 0 N–H and O–H groups in total. The van der Waals surface area contributed by atoms with E-state index in [1.54, 1.807) is 19.4 Å². The zero-order chi connectivity index (χ0) is 11.8. The molecule has 1 aromatic heterocycles. The molecule has 0 aliphatic carbocycles. The average Bonchev–Trinajstić information content (AvgIpc) is 2.73. The molecule has 0 saturated carbocycles. The first-order valence-electron chi connectivity index (χ1n) is 5.96. The fraction of sp³-hybridized carbons (Fsp3) is 0.667. The molecule has 0 aliphatic rings. The number of nitrogens with zero attached hydrogens (tertiary/aromatic N) is 2. The highest BCUT2D eigenvalue weighted by Gasteiger charge is 2.09. The number of rotatable bonds is 7. The summed E-state index contributed by atoms with van der Waals surface area (Å²) in [5, 5.41) is 0. The second kappa shape index (κ2) is 7.04. The Morgan fingerprint density at radius 2 is 2.19 bits per heavy atom. The fourth-order valence-electron chi connectivity index (χ4n) is 1.51. The summed E-state index contributed by atoms with van der Waals surface area (Å²) in [4.78, 5) is 15.4. The van der Waals surface area contributed by atoms with Gasteiger partial charge in [0.2, 0.25) is 0 Å². The maximum atomic E-state index is 11.3. The van der Waals surface area contributed by atoms with Crippen LogP contribution in [-0.2, 0) is 11.3 Å². The number of hydrogen-bond donors (Lipinski definition) is 0. The highest BCUT2D eigenvalue weighted by atomic mass is 16.5. The molecule has 0 unspecified atom stereocenters. The Kier molecular flexibility index (Phi) is 5.61. The summed E-state index contributed by atoms with van der Waals surface area (Å²) >= 11 is 0. The average molecular weight is 224 g/mol. The Morgan fingerprint density at radius 3 is 2.88 bits per heavy atom. The van der Waals surface area contributed by atoms with E-state index in [2.05, 4.69) is 11.9 Å². The van der Waals surface area contributed by atoms with Gasteiger partial charge >= 0.3 is 5.97 Å². The molecule has 90 valence electrons. The highest BCUT2D eigenvalue weighted by molar-refractivity contribution is 5.86. The number of imidazole rings is 1. The van der Waals surface area contributed by atoms with Gasteiger partial charge < -0.3 is 9.30 Å². The van der Waals surface area contributed by atoms with Crippen LogP contribution in [0.2, 0.25) is 0 Å². The number of hydrogen-bond acceptors (Lipinski definition) is 3. The van der Waals surface area contributed by atoms with Gasteiger partial charge in [-0.05, 0) is 13.3 Å². The van der Waals surface area contributed by atoms with E-state index >= 15 is 0 Å². The van der Waals surface area contributed by atoms with Crippen molar-refractivity contribution in [1.82, 2.24) is 9.55 Å². The van der Waals surface area contributed by atoms with Crippen molar-refractivity contribution < 1.29 is 9.53 Å². The largest absolute Gasteiger partial charge is 0.461 e. The van der Waals surface area contributed by atoms with Crippen molar-refractivity contribution in [3.8, 4) is 0 Å². The molecule has 0 atom stereocenters. The maximum Gasteiger partial charge on any atom is 0.358 e. The minimum atomic E-state index is -0.338. The van der Waals surface area contributed by atoms with Gasteiger partial charge in [-0.15, -0.1) is 0 Å². The zero-order valence-corrected chi connectivity index (χ0v) is 10.1. The summed E-state index contributed by atoms with van der Waals surface area (Å²) in [6, 6.07) is 0. The lowest BCUT2D eigenvalue weighted by Gasteiger charge is -2.00. The van der Waals surface area contributed by atoms with Gasteiger partial charge in [0.05, 0.1) is 12.9 Å². The third-order valence-corrected chi connectivity index (χ3v) is 2.39. The van der Waals surface area contributed by atoms with Gasteiger partial charge in [-0.1, -0.05) is 26.2 Å². The minimum Gasteiger partial charge on any atom is -0.461 e. The summed E-state index contributed by atoms with van der Waals surface area (Å²) in [5.74, 6) is -0.338. The molecule has 0 aliphatic heterocycles. The quantitative estimate of drug-likeness (QED) is 0.528. The molecule has 4 heteroatoms. The fourth-order valence-corrected chi connectivity index (χ4v) is 1.51. The molecule has 4 nitrogen and oxygen atoms in total. The molecular formula is C12H20N2O2. The molecule has 0 saturated heterocycles. The molecule has 0 radical (unpaired) electrons. The van der Waals surface area contributed by atoms with Crippen LogP contribution in [0.4, 0.5) is 0 Å². The van der Waals surface area contributed by atoms with Crippen LogP contribution in [-0.4, -0.2) is 22.1 Å². The lowest BCUT2D eigenvalue weighted by molar-refractivity contribution is 0.0520. The molecular weight excluding hydrogens is 204 g/mol. The van der Waals surface area contributed by atoms with E-state index in [0.717, 1.165) is 13.0 Å². The minimum absolute atomic E-state index is 0.338. The molecule has 1 rings (SSSR count). The second-order valence-electron chi connectivity index (χ2n) is 3.78. The van der Waals surface area contributed by atoms with Gasteiger partial charge in [0.25, 0.3) is 0 Å². The van der Waals surface area contributed by atoms with Gasteiger partial charge in [0.15, 0.2) is 5.69 Å². The molecule has 0 fully saturated rings. The van der Waals surface area contributed by atoms with Gasteiger partial charge in [0.1, 0.15) is 0 Å². The first-order chi connectivity index (χ1) is 7.77. The molecule has 1 aromatic rings. The van der Waals surface area contributed by atoms with Gasteiger partial charge in [0, 0.05) is 12.7 Å². The normalized spacial score (nSPS) is 10.4. The number of unbranched alkanes of at least 4 members (excludes halogenated alkanes) is 3. The van der Waals surface area contributed by atoms with E-state index in [-0.39, 0.29) is 5.97 Å². The SMILES string of the molecule is CCCCCCn1cnc(C(=O)OCC)c1. The Balaban J connectivity index is 2.36. The van der Waals surface area contributed by atoms with Crippen molar-refractivity contribution in [2.45, 2.75) is 46.1 Å². The summed E-state index contributed by atoms with van der Waals surface area (Å²) in [5.41, 5.74) is 0.400. The number of aryl methyl sites for hydroxylation is 1. The third-order valence-electron chi connectivity index (χ3n) is 2.39. The van der Waals surface area contributed by atoms with Crippen LogP contribution < -0.4 is 0 Å². The zero-order valence-electron chi connectivity index (χ0n) is 10.1. The molecule has 0 amide bonds. The van der Waals surface area contributed by atoms with E-state index in [1.165, 1.54) is 19.3 Å². The van der Waals surface area contributed by atoms with E-state index in [9.17, 15) is 4.79 Å². The lowest BCUT2D eigenvalue weighted by atomic mass is 10.2. The van der Waals surface area contributed by atoms with Crippen LogP contribution in [0.25, 0.3) is 0 Å². The topological polar surface area (TPSA) is 44.1 Å². The predicted molar refractivity (Wildman–Crippen MR) is 62.3 cm³/mol. The molecule has 0 bridgehead atoms. The molecule has 0 spiro atoms. The van der Waals surface area contributed by atoms with Crippen molar-refractivity contribution in [1.29, 1.82) is 0 Å². The smallest absolute Gasteiger partial charge is 0.358 e. The van der Waals surface area contributed by atoms with Crippen LogP contribution in [0.5, 0.6) is 0 Å². The summed E-state index contributed by atoms with van der Waals surface area (Å²) in [6.07, 6.45) is 8.30. The molecule has 1 heterocycles. The van der Waals surface area contributed by atoms with E-state index in [0.29, 0.717) is 12.3 Å². The van der Waals surface area contributed by atoms with Gasteiger partial charge in [-0.25, -0.2) is 9.78 Å². The van der Waals surface area contributed by atoms with Crippen molar-refractivity contribution >= 4 is 5.97 Å². The Hall–Kier alpha value is -1.32. The van der Waals surface area contributed by atoms with Crippen LogP contribution in [0.3, 0.4) is 0 Å². The standard InChI is InChI=1S/C12H20N2O2/c1-3-5-6-7-8-14-9-11(13-10-14)12(15)16-4-2/h9-10H,3-8H2,1-2H3. The number of carbonyl (C=O) groups is 1. The first-order valence-corrected chi connectivity index (χ1v) is 5.96. The van der Waals surface area contributed by atoms with Gasteiger partial charge in [-0.3, -0.25) is 0 Å².